The van der Waals surface area contributed by atoms with Crippen LogP contribution in [0.2, 0.25) is 0 Å². The van der Waals surface area contributed by atoms with Crippen LogP contribution >= 0.6 is 0 Å². The van der Waals surface area contributed by atoms with Crippen molar-refractivity contribution in [1.29, 1.82) is 5.26 Å². The quantitative estimate of drug-likeness (QED) is 0.601. The molecule has 1 N–H and O–H groups in total. The Balaban J connectivity index is 2.00. The summed E-state index contributed by atoms with van der Waals surface area (Å²) >= 11 is 0. The molecule has 0 aromatic carbocycles. The van der Waals surface area contributed by atoms with E-state index < -0.39 is 0 Å². The summed E-state index contributed by atoms with van der Waals surface area (Å²) in [5.41, 5.74) is 0. The summed E-state index contributed by atoms with van der Waals surface area (Å²) in [6, 6.07) is 2.19. The van der Waals surface area contributed by atoms with Crippen molar-refractivity contribution in [2.75, 3.05) is 19.6 Å². The van der Waals surface area contributed by atoms with Crippen molar-refractivity contribution < 1.29 is 5.11 Å². The number of likely N-dealkylation sites (tertiary alicyclic amines) is 1. The first-order chi connectivity index (χ1) is 6.31. The summed E-state index contributed by atoms with van der Waals surface area (Å²) in [6.07, 6.45) is 3.44. The van der Waals surface area contributed by atoms with Crippen LogP contribution in [-0.2, 0) is 0 Å². The van der Waals surface area contributed by atoms with Crippen molar-refractivity contribution in [3.63, 3.8) is 0 Å². The fourth-order valence-corrected chi connectivity index (χ4v) is 2.73. The zero-order valence-electron chi connectivity index (χ0n) is 7.82. The molecule has 0 aromatic rings. The van der Waals surface area contributed by atoms with Crippen molar-refractivity contribution in [2.45, 2.75) is 25.4 Å². The zero-order chi connectivity index (χ0) is 9.26. The largest absolute Gasteiger partial charge is 0.392 e. The Morgan fingerprint density at radius 3 is 2.46 bits per heavy atom. The lowest BCUT2D eigenvalue weighted by atomic mass is 9.75. The molecular formula is C10H16N2O. The van der Waals surface area contributed by atoms with Gasteiger partial charge in [-0.25, -0.2) is 0 Å². The Morgan fingerprint density at radius 1 is 1.31 bits per heavy atom. The van der Waals surface area contributed by atoms with Crippen LogP contribution in [0.15, 0.2) is 0 Å². The third-order valence-electron chi connectivity index (χ3n) is 3.40. The Hall–Kier alpha value is -0.590. The molecule has 1 saturated heterocycles. The lowest BCUT2D eigenvalue weighted by molar-refractivity contribution is -0.0456. The number of hydrogen-bond acceptors (Lipinski definition) is 3. The lowest BCUT2D eigenvalue weighted by Crippen LogP contribution is -2.51. The fourth-order valence-electron chi connectivity index (χ4n) is 2.73. The van der Waals surface area contributed by atoms with Crippen molar-refractivity contribution in [1.82, 2.24) is 4.90 Å². The van der Waals surface area contributed by atoms with Crippen LogP contribution in [0.4, 0.5) is 0 Å². The maximum Gasteiger partial charge on any atom is 0.0866 e. The second-order valence-corrected chi connectivity index (χ2v) is 4.29. The van der Waals surface area contributed by atoms with Gasteiger partial charge in [0.25, 0.3) is 0 Å². The van der Waals surface area contributed by atoms with Gasteiger partial charge in [-0.05, 0) is 24.7 Å². The van der Waals surface area contributed by atoms with E-state index in [1.165, 1.54) is 6.42 Å². The van der Waals surface area contributed by atoms with Crippen LogP contribution in [0.5, 0.6) is 0 Å². The number of hydrogen-bond donors (Lipinski definition) is 1. The van der Waals surface area contributed by atoms with Gasteiger partial charge in [0.1, 0.15) is 0 Å². The normalized spacial score (nSPS) is 39.8. The summed E-state index contributed by atoms with van der Waals surface area (Å²) < 4.78 is 0. The van der Waals surface area contributed by atoms with Gasteiger partial charge in [0, 0.05) is 13.1 Å². The van der Waals surface area contributed by atoms with Gasteiger partial charge in [0.2, 0.25) is 0 Å². The molecular weight excluding hydrogens is 164 g/mol. The van der Waals surface area contributed by atoms with Crippen molar-refractivity contribution >= 4 is 0 Å². The van der Waals surface area contributed by atoms with Gasteiger partial charge in [-0.1, -0.05) is 6.42 Å². The molecule has 1 aliphatic carbocycles. The van der Waals surface area contributed by atoms with Gasteiger partial charge in [0.15, 0.2) is 0 Å². The number of aliphatic hydroxyl groups excluding tert-OH is 1. The van der Waals surface area contributed by atoms with Crippen LogP contribution < -0.4 is 0 Å². The smallest absolute Gasteiger partial charge is 0.0866 e. The van der Waals surface area contributed by atoms with Gasteiger partial charge in [0.05, 0.1) is 18.7 Å². The van der Waals surface area contributed by atoms with Gasteiger partial charge in [-0.15, -0.1) is 0 Å². The lowest BCUT2D eigenvalue weighted by Gasteiger charge is -2.44. The molecule has 72 valence electrons. The highest BCUT2D eigenvalue weighted by Crippen LogP contribution is 2.34. The fraction of sp³-hybridized carbons (Fsp3) is 0.900. The minimum absolute atomic E-state index is 0.0938. The average Bonchev–Trinajstić information content (AvgIpc) is 2.07. The number of nitriles is 1. The molecule has 1 saturated carbocycles. The molecule has 1 heterocycles. The molecule has 2 unspecified atom stereocenters. The highest BCUT2D eigenvalue weighted by atomic mass is 16.3. The molecule has 0 spiro atoms. The molecule has 2 bridgehead atoms. The van der Waals surface area contributed by atoms with E-state index in [1.54, 1.807) is 0 Å². The third kappa shape index (κ3) is 1.70. The number of aliphatic hydroxyl groups is 1. The highest BCUT2D eigenvalue weighted by molar-refractivity contribution is 4.92. The number of fused-ring (bicyclic) bond motifs is 2. The SMILES string of the molecule is N#CCN1CC2CCCC(C1)C2O. The van der Waals surface area contributed by atoms with E-state index >= 15 is 0 Å². The van der Waals surface area contributed by atoms with E-state index in [1.807, 2.05) is 0 Å². The van der Waals surface area contributed by atoms with Crippen LogP contribution in [0.25, 0.3) is 0 Å². The van der Waals surface area contributed by atoms with E-state index in [9.17, 15) is 5.11 Å². The van der Waals surface area contributed by atoms with E-state index in [4.69, 9.17) is 5.26 Å². The number of piperidine rings is 1. The average molecular weight is 180 g/mol. The van der Waals surface area contributed by atoms with Crippen molar-refractivity contribution in [2.24, 2.45) is 11.8 Å². The number of rotatable bonds is 1. The first-order valence-corrected chi connectivity index (χ1v) is 5.08. The molecule has 2 aliphatic rings. The maximum absolute atomic E-state index is 9.87. The minimum Gasteiger partial charge on any atom is -0.392 e. The van der Waals surface area contributed by atoms with Gasteiger partial charge in [-0.2, -0.15) is 5.26 Å². The standard InChI is InChI=1S/C10H16N2O/c11-4-5-12-6-8-2-1-3-9(7-12)10(8)13/h8-10,13H,1-3,5-7H2. The van der Waals surface area contributed by atoms with E-state index in [2.05, 4.69) is 11.0 Å². The second-order valence-electron chi connectivity index (χ2n) is 4.29. The molecule has 2 atom stereocenters. The Labute approximate surface area is 79.0 Å². The number of nitrogens with zero attached hydrogens (tertiary/aromatic N) is 2. The molecule has 2 rings (SSSR count). The van der Waals surface area contributed by atoms with Crippen LogP contribution in [0.3, 0.4) is 0 Å². The predicted molar refractivity (Wildman–Crippen MR) is 48.9 cm³/mol. The topological polar surface area (TPSA) is 47.3 Å². The summed E-state index contributed by atoms with van der Waals surface area (Å²) in [5.74, 6) is 0.863. The minimum atomic E-state index is -0.0938. The van der Waals surface area contributed by atoms with Crippen molar-refractivity contribution in [3.05, 3.63) is 0 Å². The predicted octanol–water partition coefficient (Wildman–Crippen LogP) is 0.603. The molecule has 2 fully saturated rings. The molecule has 0 aromatic heterocycles. The summed E-state index contributed by atoms with van der Waals surface area (Å²) in [4.78, 5) is 2.18. The van der Waals surface area contributed by atoms with Crippen molar-refractivity contribution in [3.8, 4) is 6.07 Å². The molecule has 0 amide bonds. The monoisotopic (exact) mass is 180 g/mol. The summed E-state index contributed by atoms with van der Waals surface area (Å²) in [5, 5.41) is 18.5. The van der Waals surface area contributed by atoms with Crippen LogP contribution in [-0.4, -0.2) is 35.7 Å². The summed E-state index contributed by atoms with van der Waals surface area (Å²) in [6.45, 7) is 2.37. The Kier molecular flexibility index (Phi) is 2.52. The van der Waals surface area contributed by atoms with Gasteiger partial charge in [-0.3, -0.25) is 4.90 Å². The van der Waals surface area contributed by atoms with Crippen LogP contribution in [0.1, 0.15) is 19.3 Å². The first-order valence-electron chi connectivity index (χ1n) is 5.08. The maximum atomic E-state index is 9.87. The van der Waals surface area contributed by atoms with E-state index in [-0.39, 0.29) is 6.10 Å². The molecule has 3 heteroatoms. The Bertz CT molecular complexity index is 209. The van der Waals surface area contributed by atoms with E-state index in [0.29, 0.717) is 18.4 Å². The zero-order valence-corrected chi connectivity index (χ0v) is 7.82. The molecule has 3 nitrogen and oxygen atoms in total. The van der Waals surface area contributed by atoms with Crippen LogP contribution in [0, 0.1) is 23.2 Å². The molecule has 0 radical (unpaired) electrons. The third-order valence-corrected chi connectivity index (χ3v) is 3.40. The van der Waals surface area contributed by atoms with Gasteiger partial charge < -0.3 is 5.11 Å². The Morgan fingerprint density at radius 2 is 1.92 bits per heavy atom. The molecule has 13 heavy (non-hydrogen) atoms. The molecule has 1 aliphatic heterocycles. The first kappa shape index (κ1) is 8.98. The summed E-state index contributed by atoms with van der Waals surface area (Å²) in [7, 11) is 0. The second kappa shape index (κ2) is 3.65. The van der Waals surface area contributed by atoms with E-state index in [0.717, 1.165) is 25.9 Å². The highest BCUT2D eigenvalue weighted by Gasteiger charge is 2.37. The van der Waals surface area contributed by atoms with Gasteiger partial charge >= 0.3 is 0 Å².